The number of ether oxygens (including phenoxy) is 1. The van der Waals surface area contributed by atoms with Crippen molar-refractivity contribution in [2.75, 3.05) is 18.9 Å². The van der Waals surface area contributed by atoms with E-state index in [0.29, 0.717) is 11.8 Å². The number of benzene rings is 1. The highest BCUT2D eigenvalue weighted by Gasteiger charge is 2.21. The third kappa shape index (κ3) is 2.22. The molecule has 1 saturated heterocycles. The van der Waals surface area contributed by atoms with Gasteiger partial charge >= 0.3 is 0 Å². The van der Waals surface area contributed by atoms with Crippen molar-refractivity contribution in [3.05, 3.63) is 30.1 Å². The molecule has 0 bridgehead atoms. The summed E-state index contributed by atoms with van der Waals surface area (Å²) in [6.07, 6.45) is 1.92. The van der Waals surface area contributed by atoms with Crippen LogP contribution in [0.15, 0.2) is 28.8 Å². The highest BCUT2D eigenvalue weighted by molar-refractivity contribution is 5.56. The second kappa shape index (κ2) is 4.78. The standard InChI is InChI=1S/C13H15N3O2/c14-11-3-1-10(2-4-11)13-15-12(16-18-13)9-5-7-17-8-6-9/h1-4,9H,5-8,14H2. The van der Waals surface area contributed by atoms with Crippen LogP contribution in [0.2, 0.25) is 0 Å². The van der Waals surface area contributed by atoms with Crippen LogP contribution in [0, 0.1) is 0 Å². The summed E-state index contributed by atoms with van der Waals surface area (Å²) < 4.78 is 10.6. The van der Waals surface area contributed by atoms with Gasteiger partial charge in [0, 0.05) is 30.4 Å². The van der Waals surface area contributed by atoms with Gasteiger partial charge in [-0.3, -0.25) is 0 Å². The molecule has 5 heteroatoms. The summed E-state index contributed by atoms with van der Waals surface area (Å²) in [5.41, 5.74) is 7.27. The van der Waals surface area contributed by atoms with E-state index in [1.165, 1.54) is 0 Å². The van der Waals surface area contributed by atoms with Gasteiger partial charge < -0.3 is 15.0 Å². The SMILES string of the molecule is Nc1ccc(-c2nc(C3CCOCC3)no2)cc1. The predicted molar refractivity (Wildman–Crippen MR) is 66.9 cm³/mol. The number of hydrogen-bond acceptors (Lipinski definition) is 5. The predicted octanol–water partition coefficient (Wildman–Crippen LogP) is 2.21. The van der Waals surface area contributed by atoms with E-state index in [-0.39, 0.29) is 0 Å². The average Bonchev–Trinajstić information content (AvgIpc) is 2.90. The summed E-state index contributed by atoms with van der Waals surface area (Å²) >= 11 is 0. The minimum Gasteiger partial charge on any atom is -0.399 e. The van der Waals surface area contributed by atoms with E-state index >= 15 is 0 Å². The van der Waals surface area contributed by atoms with Crippen LogP contribution < -0.4 is 5.73 Å². The topological polar surface area (TPSA) is 74.2 Å². The Kier molecular flexibility index (Phi) is 2.98. The smallest absolute Gasteiger partial charge is 0.257 e. The van der Waals surface area contributed by atoms with Crippen LogP contribution in [0.25, 0.3) is 11.5 Å². The monoisotopic (exact) mass is 245 g/mol. The van der Waals surface area contributed by atoms with Gasteiger partial charge in [0.2, 0.25) is 0 Å². The Morgan fingerprint density at radius 3 is 2.56 bits per heavy atom. The molecule has 0 aliphatic carbocycles. The van der Waals surface area contributed by atoms with Crippen LogP contribution in [-0.2, 0) is 4.74 Å². The first-order valence-electron chi connectivity index (χ1n) is 6.10. The first-order valence-corrected chi connectivity index (χ1v) is 6.10. The zero-order chi connectivity index (χ0) is 12.4. The molecule has 18 heavy (non-hydrogen) atoms. The van der Waals surface area contributed by atoms with Gasteiger partial charge in [0.1, 0.15) is 0 Å². The lowest BCUT2D eigenvalue weighted by atomic mass is 10.00. The van der Waals surface area contributed by atoms with E-state index in [1.54, 1.807) is 0 Å². The van der Waals surface area contributed by atoms with Gasteiger partial charge in [-0.1, -0.05) is 5.16 Å². The highest BCUT2D eigenvalue weighted by atomic mass is 16.5. The molecular weight excluding hydrogens is 230 g/mol. The summed E-state index contributed by atoms with van der Waals surface area (Å²) in [7, 11) is 0. The Hall–Kier alpha value is -1.88. The minimum absolute atomic E-state index is 0.352. The molecule has 0 unspecified atom stereocenters. The summed E-state index contributed by atoms with van der Waals surface area (Å²) in [5, 5.41) is 4.07. The summed E-state index contributed by atoms with van der Waals surface area (Å²) in [6, 6.07) is 7.43. The van der Waals surface area contributed by atoms with Gasteiger partial charge in [-0.05, 0) is 37.1 Å². The Morgan fingerprint density at radius 1 is 1.11 bits per heavy atom. The van der Waals surface area contributed by atoms with E-state index in [9.17, 15) is 0 Å². The summed E-state index contributed by atoms with van der Waals surface area (Å²) in [4.78, 5) is 4.46. The van der Waals surface area contributed by atoms with Crippen molar-refractivity contribution in [1.29, 1.82) is 0 Å². The fraction of sp³-hybridized carbons (Fsp3) is 0.385. The number of nitrogen functional groups attached to an aromatic ring is 1. The number of rotatable bonds is 2. The van der Waals surface area contributed by atoms with Crippen molar-refractivity contribution in [3.8, 4) is 11.5 Å². The molecule has 2 N–H and O–H groups in total. The largest absolute Gasteiger partial charge is 0.399 e. The van der Waals surface area contributed by atoms with Crippen molar-refractivity contribution in [2.24, 2.45) is 0 Å². The van der Waals surface area contributed by atoms with E-state index in [4.69, 9.17) is 15.0 Å². The molecular formula is C13H15N3O2. The zero-order valence-electron chi connectivity index (χ0n) is 10.0. The lowest BCUT2D eigenvalue weighted by molar-refractivity contribution is 0.0830. The van der Waals surface area contributed by atoms with Crippen molar-refractivity contribution in [2.45, 2.75) is 18.8 Å². The molecule has 0 amide bonds. The molecule has 1 aliphatic rings. The molecule has 0 saturated carbocycles. The van der Waals surface area contributed by atoms with Crippen LogP contribution in [0.4, 0.5) is 5.69 Å². The molecule has 1 aromatic heterocycles. The summed E-state index contributed by atoms with van der Waals surface area (Å²) in [6.45, 7) is 1.55. The first-order chi connectivity index (χ1) is 8.83. The van der Waals surface area contributed by atoms with Crippen molar-refractivity contribution < 1.29 is 9.26 Å². The number of nitrogens with zero attached hydrogens (tertiary/aromatic N) is 2. The van der Waals surface area contributed by atoms with Gasteiger partial charge in [-0.25, -0.2) is 0 Å². The summed E-state index contributed by atoms with van der Waals surface area (Å²) in [5.74, 6) is 1.69. The number of anilines is 1. The maximum absolute atomic E-state index is 5.65. The molecule has 0 spiro atoms. The number of nitrogens with two attached hydrogens (primary N) is 1. The number of hydrogen-bond donors (Lipinski definition) is 1. The molecule has 2 aromatic rings. The fourth-order valence-corrected chi connectivity index (χ4v) is 2.10. The van der Waals surface area contributed by atoms with Crippen LogP contribution in [0.3, 0.4) is 0 Å². The molecule has 0 atom stereocenters. The van der Waals surface area contributed by atoms with Crippen molar-refractivity contribution in [1.82, 2.24) is 10.1 Å². The van der Waals surface area contributed by atoms with E-state index in [1.807, 2.05) is 24.3 Å². The number of aromatic nitrogens is 2. The van der Waals surface area contributed by atoms with Gasteiger partial charge in [-0.2, -0.15) is 4.98 Å². The van der Waals surface area contributed by atoms with Gasteiger partial charge in [0.05, 0.1) is 0 Å². The van der Waals surface area contributed by atoms with Gasteiger partial charge in [0.15, 0.2) is 5.82 Å². The quantitative estimate of drug-likeness (QED) is 0.821. The second-order valence-corrected chi connectivity index (χ2v) is 4.47. The third-order valence-corrected chi connectivity index (χ3v) is 3.19. The molecule has 1 fully saturated rings. The third-order valence-electron chi connectivity index (χ3n) is 3.19. The van der Waals surface area contributed by atoms with Gasteiger partial charge in [-0.15, -0.1) is 0 Å². The molecule has 3 rings (SSSR count). The molecule has 94 valence electrons. The van der Waals surface area contributed by atoms with Gasteiger partial charge in [0.25, 0.3) is 5.89 Å². The van der Waals surface area contributed by atoms with Crippen molar-refractivity contribution in [3.63, 3.8) is 0 Å². The zero-order valence-corrected chi connectivity index (χ0v) is 10.0. The van der Waals surface area contributed by atoms with Crippen LogP contribution in [-0.4, -0.2) is 23.4 Å². The Bertz CT molecular complexity index is 515. The van der Waals surface area contributed by atoms with Crippen LogP contribution in [0.5, 0.6) is 0 Å². The Morgan fingerprint density at radius 2 is 1.83 bits per heavy atom. The van der Waals surface area contributed by atoms with Crippen LogP contribution >= 0.6 is 0 Å². The van der Waals surface area contributed by atoms with E-state index < -0.39 is 0 Å². The molecule has 0 radical (unpaired) electrons. The first kappa shape index (κ1) is 11.2. The van der Waals surface area contributed by atoms with E-state index in [2.05, 4.69) is 10.1 Å². The minimum atomic E-state index is 0.352. The lowest BCUT2D eigenvalue weighted by Crippen LogP contribution is -2.15. The van der Waals surface area contributed by atoms with E-state index in [0.717, 1.165) is 43.1 Å². The van der Waals surface area contributed by atoms with Crippen LogP contribution in [0.1, 0.15) is 24.6 Å². The Balaban J connectivity index is 1.82. The molecule has 1 aromatic carbocycles. The second-order valence-electron chi connectivity index (χ2n) is 4.47. The maximum atomic E-state index is 5.65. The van der Waals surface area contributed by atoms with Crippen molar-refractivity contribution >= 4 is 5.69 Å². The normalized spacial score (nSPS) is 16.9. The Labute approximate surface area is 105 Å². The average molecular weight is 245 g/mol. The lowest BCUT2D eigenvalue weighted by Gasteiger charge is -2.18. The highest BCUT2D eigenvalue weighted by Crippen LogP contribution is 2.27. The molecule has 2 heterocycles. The molecule has 1 aliphatic heterocycles. The fourth-order valence-electron chi connectivity index (χ4n) is 2.10. The maximum Gasteiger partial charge on any atom is 0.257 e. The molecule has 5 nitrogen and oxygen atoms in total.